The molecule has 4 rings (SSSR count). The van der Waals surface area contributed by atoms with Crippen LogP contribution in [0.15, 0.2) is 18.2 Å². The van der Waals surface area contributed by atoms with Gasteiger partial charge in [-0.3, -0.25) is 33.6 Å². The third kappa shape index (κ3) is 14.1. The normalized spacial score (nSPS) is 24.8. The summed E-state index contributed by atoms with van der Waals surface area (Å²) in [7, 11) is 5.23. The van der Waals surface area contributed by atoms with E-state index in [1.165, 1.54) is 40.4 Å². The number of alkyl halides is 5. The highest BCUT2D eigenvalue weighted by atomic mass is 35.5. The average molecular weight is 1010 g/mol. The average Bonchev–Trinajstić information content (AvgIpc) is 3.61. The Morgan fingerprint density at radius 3 is 2.22 bits per heavy atom. The largest absolute Gasteiger partial charge is 0.403 e. The quantitative estimate of drug-likeness (QED) is 0.195. The highest BCUT2D eigenvalue weighted by molar-refractivity contribution is 6.33. The van der Waals surface area contributed by atoms with Crippen molar-refractivity contribution in [1.82, 2.24) is 36.0 Å². The second-order valence-corrected chi connectivity index (χ2v) is 19.2. The van der Waals surface area contributed by atoms with Crippen LogP contribution in [0.3, 0.4) is 0 Å². The SMILES string of the molecule is COCC[C@H](NC(=O)[C@@H]1CC(F)(F)CN1C(=O)C1(C(F)(F)F)CCCCC1)C(=O)N(C)[C@H]1CCCCNC(=O)[C@@H](COC)NC(=O)[C@H](Cc2cc(Cl)ccc2Cl)N(C)C(=O)[C@H](CC(C)C)NC1=O. The van der Waals surface area contributed by atoms with Crippen molar-refractivity contribution in [1.29, 1.82) is 0 Å². The number of rotatable bonds is 14. The molecule has 0 spiro atoms. The van der Waals surface area contributed by atoms with Gasteiger partial charge in [-0.05, 0) is 74.6 Å². The molecule has 1 aromatic carbocycles. The van der Waals surface area contributed by atoms with Gasteiger partial charge >= 0.3 is 6.18 Å². The van der Waals surface area contributed by atoms with E-state index in [0.29, 0.717) is 17.0 Å². The van der Waals surface area contributed by atoms with E-state index < -0.39 is 121 Å². The number of halogens is 7. The van der Waals surface area contributed by atoms with Crippen molar-refractivity contribution in [3.8, 4) is 0 Å². The van der Waals surface area contributed by atoms with E-state index in [1.807, 2.05) is 0 Å². The van der Waals surface area contributed by atoms with Gasteiger partial charge in [0.2, 0.25) is 41.4 Å². The minimum Gasteiger partial charge on any atom is -0.385 e. The summed E-state index contributed by atoms with van der Waals surface area (Å²) in [5.41, 5.74) is -2.56. The zero-order valence-corrected chi connectivity index (χ0v) is 40.8. The molecular formula is C45H64Cl2F5N7O9. The molecule has 0 unspecified atom stereocenters. The lowest BCUT2D eigenvalue weighted by Gasteiger charge is -2.41. The molecule has 23 heteroatoms. The molecule has 0 radical (unpaired) electrons. The van der Waals surface area contributed by atoms with Crippen LogP contribution in [0.1, 0.15) is 90.0 Å². The van der Waals surface area contributed by atoms with E-state index in [1.54, 1.807) is 19.9 Å². The molecule has 1 aromatic rings. The van der Waals surface area contributed by atoms with Gasteiger partial charge in [-0.1, -0.05) is 56.3 Å². The molecular weight excluding hydrogens is 948 g/mol. The van der Waals surface area contributed by atoms with Gasteiger partial charge < -0.3 is 45.4 Å². The fourth-order valence-corrected chi connectivity index (χ4v) is 9.45. The zero-order chi connectivity index (χ0) is 50.7. The van der Waals surface area contributed by atoms with Gasteiger partial charge in [0.05, 0.1) is 13.2 Å². The van der Waals surface area contributed by atoms with E-state index in [-0.39, 0.29) is 87.0 Å². The summed E-state index contributed by atoms with van der Waals surface area (Å²) in [5.74, 6) is -10.6. The highest BCUT2D eigenvalue weighted by Gasteiger charge is 2.64. The van der Waals surface area contributed by atoms with Gasteiger partial charge in [0, 0.05) is 64.4 Å². The topological polar surface area (TPSA) is 196 Å². The van der Waals surface area contributed by atoms with Crippen molar-refractivity contribution in [3.63, 3.8) is 0 Å². The fraction of sp³-hybridized carbons (Fsp3) is 0.711. The predicted octanol–water partition coefficient (Wildman–Crippen LogP) is 4.42. The lowest BCUT2D eigenvalue weighted by molar-refractivity contribution is -0.236. The summed E-state index contributed by atoms with van der Waals surface area (Å²) < 4.78 is 84.4. The van der Waals surface area contributed by atoms with Gasteiger partial charge in [0.1, 0.15) is 41.7 Å². The number of hydrogen-bond acceptors (Lipinski definition) is 9. The van der Waals surface area contributed by atoms with Crippen LogP contribution >= 0.6 is 23.2 Å². The first-order valence-corrected chi connectivity index (χ1v) is 23.5. The minimum absolute atomic E-state index is 0.0323. The van der Waals surface area contributed by atoms with Crippen molar-refractivity contribution in [3.05, 3.63) is 33.8 Å². The van der Waals surface area contributed by atoms with Gasteiger partial charge in [0.15, 0.2) is 0 Å². The molecule has 68 heavy (non-hydrogen) atoms. The summed E-state index contributed by atoms with van der Waals surface area (Å²) in [4.78, 5) is 101. The molecule has 2 saturated heterocycles. The lowest BCUT2D eigenvalue weighted by atomic mass is 9.72. The molecule has 2 heterocycles. The Labute approximate surface area is 403 Å². The Balaban J connectivity index is 1.68. The monoisotopic (exact) mass is 1010 g/mol. The summed E-state index contributed by atoms with van der Waals surface area (Å²) in [6, 6.07) is -4.22. The highest BCUT2D eigenvalue weighted by Crippen LogP contribution is 2.51. The molecule has 1 aliphatic carbocycles. The van der Waals surface area contributed by atoms with Crippen LogP contribution in [-0.4, -0.2) is 159 Å². The van der Waals surface area contributed by atoms with Gasteiger partial charge in [0.25, 0.3) is 5.92 Å². The summed E-state index contributed by atoms with van der Waals surface area (Å²) in [6.07, 6.45) is -7.13. The second kappa shape index (κ2) is 24.5. The van der Waals surface area contributed by atoms with Gasteiger partial charge in [-0.2, -0.15) is 13.2 Å². The van der Waals surface area contributed by atoms with Crippen LogP contribution in [0.4, 0.5) is 22.0 Å². The van der Waals surface area contributed by atoms with Crippen molar-refractivity contribution in [2.75, 3.05) is 54.6 Å². The molecule has 4 N–H and O–H groups in total. The number of nitrogens with zero attached hydrogens (tertiary/aromatic N) is 3. The Hall–Kier alpha value is -4.34. The maximum absolute atomic E-state index is 15.1. The maximum Gasteiger partial charge on any atom is 0.403 e. The van der Waals surface area contributed by atoms with Crippen LogP contribution in [0, 0.1) is 11.3 Å². The Morgan fingerprint density at radius 1 is 0.941 bits per heavy atom. The van der Waals surface area contributed by atoms with Crippen molar-refractivity contribution >= 4 is 64.6 Å². The molecule has 7 amide bonds. The summed E-state index contributed by atoms with van der Waals surface area (Å²) >= 11 is 12.8. The Bertz CT molecular complexity index is 1980. The standard InChI is InChI=1S/C45H64Cl2F5N7O9/c1-26(2)20-31-41(65)58(4)34(22-27-21-28(46)13-14-29(27)47)38(62)56-32(24-68-6)36(60)53-18-11-8-12-33(37(61)55-31)57(3)40(64)30(15-19-67-5)54-39(63)35-23-44(48,49)25-59(35)42(66)43(45(50,51)52)16-9-7-10-17-43/h13-14,21,26,30-35H,7-12,15-20,22-25H2,1-6H3,(H,53,60)(H,54,63)(H,55,61)(H,56,62)/t30-,31-,32+,33-,34-,35-/m0/s1. The van der Waals surface area contributed by atoms with Crippen LogP contribution in [0.5, 0.6) is 0 Å². The van der Waals surface area contributed by atoms with Crippen LogP contribution < -0.4 is 21.3 Å². The van der Waals surface area contributed by atoms with E-state index in [9.17, 15) is 46.7 Å². The zero-order valence-electron chi connectivity index (χ0n) is 39.2. The van der Waals surface area contributed by atoms with Gasteiger partial charge in [-0.15, -0.1) is 0 Å². The molecule has 2 aliphatic heterocycles. The van der Waals surface area contributed by atoms with Crippen LogP contribution in [0.2, 0.25) is 10.0 Å². The fourth-order valence-electron chi connectivity index (χ4n) is 9.06. The molecule has 6 atom stereocenters. The number of nitrogens with one attached hydrogen (secondary N) is 4. The second-order valence-electron chi connectivity index (χ2n) is 18.4. The molecule has 3 aliphatic rings. The first-order chi connectivity index (χ1) is 31.9. The van der Waals surface area contributed by atoms with Crippen molar-refractivity contribution in [2.45, 2.75) is 139 Å². The first kappa shape index (κ1) is 56.2. The van der Waals surface area contributed by atoms with Gasteiger partial charge in [-0.25, -0.2) is 8.78 Å². The first-order valence-electron chi connectivity index (χ1n) is 22.8. The molecule has 16 nitrogen and oxygen atoms in total. The third-order valence-electron chi connectivity index (χ3n) is 12.9. The number of methoxy groups -OCH3 is 2. The number of amides is 7. The molecule has 382 valence electrons. The van der Waals surface area contributed by atoms with Crippen molar-refractivity contribution < 1.29 is 65.0 Å². The number of benzene rings is 1. The van der Waals surface area contributed by atoms with Crippen LogP contribution in [0.25, 0.3) is 0 Å². The van der Waals surface area contributed by atoms with E-state index in [0.717, 1.165) is 9.80 Å². The number of hydrogen-bond donors (Lipinski definition) is 4. The third-order valence-corrected chi connectivity index (χ3v) is 13.5. The number of ether oxygens (including phenoxy) is 2. The number of likely N-dealkylation sites (tertiary alicyclic amines) is 1. The van der Waals surface area contributed by atoms with Crippen LogP contribution in [-0.2, 0) is 49.5 Å². The number of likely N-dealkylation sites (N-methyl/N-ethyl adjacent to an activating group) is 2. The van der Waals surface area contributed by atoms with Crippen molar-refractivity contribution in [2.24, 2.45) is 11.3 Å². The maximum atomic E-state index is 15.1. The Kier molecular flexibility index (Phi) is 20.2. The molecule has 1 saturated carbocycles. The van der Waals surface area contributed by atoms with E-state index in [4.69, 9.17) is 32.7 Å². The summed E-state index contributed by atoms with van der Waals surface area (Å²) in [5, 5.41) is 11.1. The smallest absolute Gasteiger partial charge is 0.385 e. The molecule has 0 bridgehead atoms. The van der Waals surface area contributed by atoms with E-state index >= 15 is 8.78 Å². The summed E-state index contributed by atoms with van der Waals surface area (Å²) in [6.45, 7) is 1.81. The number of carbonyl (C=O) groups excluding carboxylic acids is 7. The number of carbonyl (C=O) groups is 7. The molecule has 3 fully saturated rings. The predicted molar refractivity (Wildman–Crippen MR) is 240 cm³/mol. The molecule has 0 aromatic heterocycles. The van der Waals surface area contributed by atoms with E-state index in [2.05, 4.69) is 21.3 Å². The minimum atomic E-state index is -5.08. The lowest BCUT2D eigenvalue weighted by Crippen LogP contribution is -2.61. The Morgan fingerprint density at radius 2 is 1.60 bits per heavy atom.